The van der Waals surface area contributed by atoms with Crippen molar-refractivity contribution in [3.05, 3.63) is 53.9 Å². The fraction of sp³-hybridized carbons (Fsp3) is 0.435. The van der Waals surface area contributed by atoms with Crippen LogP contribution in [0.1, 0.15) is 41.7 Å². The van der Waals surface area contributed by atoms with Crippen molar-refractivity contribution < 1.29 is 9.59 Å². The van der Waals surface area contributed by atoms with Crippen molar-refractivity contribution in [2.24, 2.45) is 5.92 Å². The van der Waals surface area contributed by atoms with Crippen LogP contribution in [0.2, 0.25) is 0 Å². The quantitative estimate of drug-likeness (QED) is 0.822. The van der Waals surface area contributed by atoms with E-state index in [1.165, 1.54) is 0 Å². The minimum Gasteiger partial charge on any atom is -0.342 e. The normalized spacial score (nSPS) is 19.7. The Bertz CT molecular complexity index is 856. The highest BCUT2D eigenvalue weighted by Crippen LogP contribution is 2.24. The first-order chi connectivity index (χ1) is 13.6. The minimum atomic E-state index is -0.0464. The molecule has 0 bridgehead atoms. The third kappa shape index (κ3) is 3.93. The van der Waals surface area contributed by atoms with E-state index in [1.54, 1.807) is 6.20 Å². The van der Waals surface area contributed by atoms with Gasteiger partial charge in [0.1, 0.15) is 0 Å². The first-order valence-corrected chi connectivity index (χ1v) is 10.2. The Hall–Kier alpha value is -2.69. The van der Waals surface area contributed by atoms with Crippen molar-refractivity contribution in [1.82, 2.24) is 14.8 Å². The first-order valence-electron chi connectivity index (χ1n) is 10.2. The third-order valence-electron chi connectivity index (χ3n) is 5.84. The highest BCUT2D eigenvalue weighted by molar-refractivity contribution is 5.95. The molecule has 4 rings (SSSR count). The summed E-state index contributed by atoms with van der Waals surface area (Å²) in [6, 6.07) is 11.8. The number of piperidine rings is 1. The molecule has 2 aliphatic rings. The second-order valence-corrected chi connectivity index (χ2v) is 7.89. The molecule has 0 saturated carbocycles. The first kappa shape index (κ1) is 18.7. The fourth-order valence-electron chi connectivity index (χ4n) is 4.27. The van der Waals surface area contributed by atoms with Gasteiger partial charge in [0.25, 0.3) is 5.91 Å². The molecule has 1 aromatic heterocycles. The molecule has 28 heavy (non-hydrogen) atoms. The lowest BCUT2D eigenvalue weighted by atomic mass is 9.95. The SMILES string of the molecule is Cc1cc(-c2ccc(C(=O)N3CCC[C@@H](C(=O)N4CCCC4)C3)cc2)ccn1. The zero-order valence-corrected chi connectivity index (χ0v) is 16.4. The molecule has 2 amide bonds. The standard InChI is InChI=1S/C23H27N3O2/c1-17-15-20(10-11-24-17)18-6-8-19(9-7-18)22(27)26-14-4-5-21(16-26)23(28)25-12-2-3-13-25/h6-11,15,21H,2-5,12-14,16H2,1H3/t21-/m1/s1. The third-order valence-corrected chi connectivity index (χ3v) is 5.84. The smallest absolute Gasteiger partial charge is 0.253 e. The summed E-state index contributed by atoms with van der Waals surface area (Å²) in [5.41, 5.74) is 3.83. The highest BCUT2D eigenvalue weighted by Gasteiger charge is 2.32. The van der Waals surface area contributed by atoms with Gasteiger partial charge in [-0.2, -0.15) is 0 Å². The number of likely N-dealkylation sites (tertiary alicyclic amines) is 2. The summed E-state index contributed by atoms with van der Waals surface area (Å²) in [5.74, 6) is 0.213. The van der Waals surface area contributed by atoms with E-state index in [1.807, 2.05) is 53.1 Å². The topological polar surface area (TPSA) is 53.5 Å². The molecule has 2 aromatic rings. The molecule has 1 atom stereocenters. The van der Waals surface area contributed by atoms with Crippen LogP contribution in [0, 0.1) is 12.8 Å². The number of amides is 2. The van der Waals surface area contributed by atoms with Crippen molar-refractivity contribution in [2.75, 3.05) is 26.2 Å². The molecule has 0 radical (unpaired) electrons. The number of carbonyl (C=O) groups excluding carboxylic acids is 2. The molecular formula is C23H27N3O2. The maximum Gasteiger partial charge on any atom is 0.253 e. The van der Waals surface area contributed by atoms with Crippen LogP contribution in [0.4, 0.5) is 0 Å². The van der Waals surface area contributed by atoms with Crippen molar-refractivity contribution in [1.29, 1.82) is 0 Å². The van der Waals surface area contributed by atoms with Crippen LogP contribution in [-0.2, 0) is 4.79 Å². The Morgan fingerprint density at radius 1 is 0.929 bits per heavy atom. The van der Waals surface area contributed by atoms with Gasteiger partial charge in [-0.25, -0.2) is 0 Å². The summed E-state index contributed by atoms with van der Waals surface area (Å²) in [4.78, 5) is 33.8. The number of pyridine rings is 1. The second kappa shape index (κ2) is 8.13. The van der Waals surface area contributed by atoms with E-state index in [-0.39, 0.29) is 17.7 Å². The average molecular weight is 377 g/mol. The Morgan fingerprint density at radius 2 is 1.64 bits per heavy atom. The fourth-order valence-corrected chi connectivity index (χ4v) is 4.27. The molecule has 3 heterocycles. The summed E-state index contributed by atoms with van der Waals surface area (Å²) in [5, 5.41) is 0. The van der Waals surface area contributed by atoms with Crippen molar-refractivity contribution >= 4 is 11.8 Å². The van der Waals surface area contributed by atoms with Gasteiger partial charge in [0.15, 0.2) is 0 Å². The average Bonchev–Trinajstić information content (AvgIpc) is 3.28. The van der Waals surface area contributed by atoms with E-state index in [4.69, 9.17) is 0 Å². The van der Waals surface area contributed by atoms with Crippen LogP contribution in [-0.4, -0.2) is 52.8 Å². The summed E-state index contributed by atoms with van der Waals surface area (Å²) in [6.45, 7) is 4.99. The molecule has 2 aliphatic heterocycles. The lowest BCUT2D eigenvalue weighted by molar-refractivity contribution is -0.135. The number of rotatable bonds is 3. The van der Waals surface area contributed by atoms with Gasteiger partial charge in [0.05, 0.1) is 5.92 Å². The zero-order chi connectivity index (χ0) is 19.5. The highest BCUT2D eigenvalue weighted by atomic mass is 16.2. The van der Waals surface area contributed by atoms with Crippen LogP contribution in [0.15, 0.2) is 42.6 Å². The molecule has 0 aliphatic carbocycles. The van der Waals surface area contributed by atoms with Crippen LogP contribution in [0.25, 0.3) is 11.1 Å². The van der Waals surface area contributed by atoms with E-state index < -0.39 is 0 Å². The number of carbonyl (C=O) groups is 2. The van der Waals surface area contributed by atoms with Gasteiger partial charge < -0.3 is 9.80 Å². The molecule has 5 heteroatoms. The van der Waals surface area contributed by atoms with Crippen molar-refractivity contribution in [3.63, 3.8) is 0 Å². The number of aryl methyl sites for hydroxylation is 1. The minimum absolute atomic E-state index is 0.0244. The van der Waals surface area contributed by atoms with Crippen molar-refractivity contribution in [2.45, 2.75) is 32.6 Å². The summed E-state index contributed by atoms with van der Waals surface area (Å²) >= 11 is 0. The summed E-state index contributed by atoms with van der Waals surface area (Å²) in [6.07, 6.45) is 5.79. The molecule has 0 unspecified atom stereocenters. The molecule has 5 nitrogen and oxygen atoms in total. The Labute approximate surface area is 166 Å². The molecule has 146 valence electrons. The molecule has 1 aromatic carbocycles. The lowest BCUT2D eigenvalue weighted by Gasteiger charge is -2.34. The maximum absolute atomic E-state index is 13.0. The van der Waals surface area contributed by atoms with E-state index >= 15 is 0 Å². The monoisotopic (exact) mass is 377 g/mol. The summed E-state index contributed by atoms with van der Waals surface area (Å²) < 4.78 is 0. The Kier molecular flexibility index (Phi) is 5.42. The van der Waals surface area contributed by atoms with E-state index in [0.717, 1.165) is 62.1 Å². The predicted molar refractivity (Wildman–Crippen MR) is 109 cm³/mol. The van der Waals surface area contributed by atoms with Gasteiger partial charge >= 0.3 is 0 Å². The van der Waals surface area contributed by atoms with E-state index in [9.17, 15) is 9.59 Å². The van der Waals surface area contributed by atoms with Gasteiger partial charge in [-0.1, -0.05) is 12.1 Å². The van der Waals surface area contributed by atoms with Crippen LogP contribution >= 0.6 is 0 Å². The molecule has 2 saturated heterocycles. The number of benzene rings is 1. The maximum atomic E-state index is 13.0. The van der Waals surface area contributed by atoms with Crippen molar-refractivity contribution in [3.8, 4) is 11.1 Å². The lowest BCUT2D eigenvalue weighted by Crippen LogP contribution is -2.46. The van der Waals surface area contributed by atoms with Crippen LogP contribution < -0.4 is 0 Å². The molecule has 0 N–H and O–H groups in total. The Morgan fingerprint density at radius 3 is 2.36 bits per heavy atom. The number of aromatic nitrogens is 1. The van der Waals surface area contributed by atoms with E-state index in [0.29, 0.717) is 12.1 Å². The number of hydrogen-bond donors (Lipinski definition) is 0. The number of hydrogen-bond acceptors (Lipinski definition) is 3. The van der Waals surface area contributed by atoms with Gasteiger partial charge in [-0.3, -0.25) is 14.6 Å². The van der Waals surface area contributed by atoms with Gasteiger partial charge in [-0.05, 0) is 68.0 Å². The van der Waals surface area contributed by atoms with Gasteiger partial charge in [0, 0.05) is 43.6 Å². The molecule has 0 spiro atoms. The zero-order valence-electron chi connectivity index (χ0n) is 16.4. The second-order valence-electron chi connectivity index (χ2n) is 7.89. The van der Waals surface area contributed by atoms with Gasteiger partial charge in [-0.15, -0.1) is 0 Å². The van der Waals surface area contributed by atoms with E-state index in [2.05, 4.69) is 4.98 Å². The molecule has 2 fully saturated rings. The van der Waals surface area contributed by atoms with Gasteiger partial charge in [0.2, 0.25) is 5.91 Å². The Balaban J connectivity index is 1.44. The predicted octanol–water partition coefficient (Wildman–Crippen LogP) is 3.53. The summed E-state index contributed by atoms with van der Waals surface area (Å²) in [7, 11) is 0. The largest absolute Gasteiger partial charge is 0.342 e. The molecular weight excluding hydrogens is 350 g/mol. The number of nitrogens with zero attached hydrogens (tertiary/aromatic N) is 3. The van der Waals surface area contributed by atoms with Crippen LogP contribution in [0.5, 0.6) is 0 Å². The van der Waals surface area contributed by atoms with Crippen LogP contribution in [0.3, 0.4) is 0 Å².